The van der Waals surface area contributed by atoms with E-state index in [0.29, 0.717) is 6.54 Å². The first-order valence-electron chi connectivity index (χ1n) is 6.08. The van der Waals surface area contributed by atoms with Gasteiger partial charge in [-0.3, -0.25) is 9.59 Å². The maximum Gasteiger partial charge on any atom is 0.303 e. The van der Waals surface area contributed by atoms with E-state index in [9.17, 15) is 9.59 Å². The quantitative estimate of drug-likeness (QED) is 0.624. The number of amides is 1. The fourth-order valence-electron chi connectivity index (χ4n) is 1.27. The number of rotatable bonds is 9. The Morgan fingerprint density at radius 3 is 2.53 bits per heavy atom. The third-order valence-electron chi connectivity index (χ3n) is 2.38. The molecule has 0 aliphatic carbocycles. The lowest BCUT2D eigenvalue weighted by Gasteiger charge is -2.14. The number of hydrogen-bond donors (Lipinski definition) is 2. The van der Waals surface area contributed by atoms with E-state index in [1.54, 1.807) is 11.8 Å². The van der Waals surface area contributed by atoms with Crippen molar-refractivity contribution in [1.82, 2.24) is 5.32 Å². The standard InChI is InChI=1S/C12H23NO3S/c1-4-5-6-17-10(3)12(16)13-8-9(2)7-11(14)15/h9-10H,4-8H2,1-3H3,(H,13,16)(H,14,15). The number of nitrogens with one attached hydrogen (secondary N) is 1. The summed E-state index contributed by atoms with van der Waals surface area (Å²) in [7, 11) is 0. The van der Waals surface area contributed by atoms with E-state index in [1.807, 2.05) is 13.8 Å². The van der Waals surface area contributed by atoms with Gasteiger partial charge in [0.25, 0.3) is 0 Å². The van der Waals surface area contributed by atoms with Gasteiger partial charge in [-0.05, 0) is 25.0 Å². The van der Waals surface area contributed by atoms with Crippen molar-refractivity contribution < 1.29 is 14.7 Å². The molecule has 4 nitrogen and oxygen atoms in total. The summed E-state index contributed by atoms with van der Waals surface area (Å²) in [6.07, 6.45) is 2.35. The fraction of sp³-hybridized carbons (Fsp3) is 0.833. The molecule has 2 atom stereocenters. The number of thioether (sulfide) groups is 1. The molecule has 0 heterocycles. The smallest absolute Gasteiger partial charge is 0.303 e. The Morgan fingerprint density at radius 1 is 1.35 bits per heavy atom. The van der Waals surface area contributed by atoms with Crippen molar-refractivity contribution in [2.45, 2.75) is 45.3 Å². The van der Waals surface area contributed by atoms with Crippen molar-refractivity contribution in [2.75, 3.05) is 12.3 Å². The number of aliphatic carboxylic acids is 1. The van der Waals surface area contributed by atoms with Crippen molar-refractivity contribution in [2.24, 2.45) is 5.92 Å². The molecule has 0 aliphatic rings. The molecular weight excluding hydrogens is 238 g/mol. The molecule has 0 aromatic carbocycles. The molecule has 0 saturated heterocycles. The summed E-state index contributed by atoms with van der Waals surface area (Å²) in [6.45, 7) is 6.27. The first-order chi connectivity index (χ1) is 7.97. The third-order valence-corrected chi connectivity index (χ3v) is 3.62. The van der Waals surface area contributed by atoms with Crippen molar-refractivity contribution in [3.05, 3.63) is 0 Å². The molecule has 0 fully saturated rings. The van der Waals surface area contributed by atoms with Crippen molar-refractivity contribution in [3.8, 4) is 0 Å². The second-order valence-corrected chi connectivity index (χ2v) is 5.76. The number of carboxylic acid groups (broad SMARTS) is 1. The molecule has 2 unspecified atom stereocenters. The highest BCUT2D eigenvalue weighted by Gasteiger charge is 2.14. The Labute approximate surface area is 108 Å². The van der Waals surface area contributed by atoms with Crippen LogP contribution in [-0.2, 0) is 9.59 Å². The lowest BCUT2D eigenvalue weighted by atomic mass is 10.1. The molecule has 0 spiro atoms. The zero-order chi connectivity index (χ0) is 13.3. The van der Waals surface area contributed by atoms with Gasteiger partial charge in [-0.2, -0.15) is 0 Å². The van der Waals surface area contributed by atoms with Gasteiger partial charge in [-0.15, -0.1) is 11.8 Å². The highest BCUT2D eigenvalue weighted by atomic mass is 32.2. The Kier molecular flexibility index (Phi) is 8.94. The highest BCUT2D eigenvalue weighted by Crippen LogP contribution is 2.12. The molecule has 2 N–H and O–H groups in total. The molecule has 5 heteroatoms. The van der Waals surface area contributed by atoms with Crippen LogP contribution >= 0.6 is 11.8 Å². The predicted octanol–water partition coefficient (Wildman–Crippen LogP) is 2.14. The molecule has 0 aromatic rings. The summed E-state index contributed by atoms with van der Waals surface area (Å²) < 4.78 is 0. The SMILES string of the molecule is CCCCSC(C)C(=O)NCC(C)CC(=O)O. The Morgan fingerprint density at radius 2 is 2.00 bits per heavy atom. The summed E-state index contributed by atoms with van der Waals surface area (Å²) in [4.78, 5) is 22.1. The minimum Gasteiger partial charge on any atom is -0.481 e. The summed E-state index contributed by atoms with van der Waals surface area (Å²) in [6, 6.07) is 0. The van der Waals surface area contributed by atoms with Crippen molar-refractivity contribution in [1.29, 1.82) is 0 Å². The lowest BCUT2D eigenvalue weighted by Crippen LogP contribution is -2.34. The van der Waals surface area contributed by atoms with Gasteiger partial charge in [-0.25, -0.2) is 0 Å². The number of hydrogen-bond acceptors (Lipinski definition) is 3. The number of carboxylic acids is 1. The zero-order valence-corrected chi connectivity index (χ0v) is 11.7. The molecule has 1 amide bonds. The van der Waals surface area contributed by atoms with E-state index in [-0.39, 0.29) is 23.5 Å². The van der Waals surface area contributed by atoms with Gasteiger partial charge in [0.2, 0.25) is 5.91 Å². The molecule has 0 aromatic heterocycles. The maximum absolute atomic E-state index is 11.6. The van der Waals surface area contributed by atoms with E-state index in [1.165, 1.54) is 0 Å². The van der Waals surface area contributed by atoms with E-state index in [4.69, 9.17) is 5.11 Å². The van der Waals surface area contributed by atoms with Crippen molar-refractivity contribution >= 4 is 23.6 Å². The lowest BCUT2D eigenvalue weighted by molar-refractivity contribution is -0.138. The van der Waals surface area contributed by atoms with Crippen LogP contribution in [0, 0.1) is 5.92 Å². The minimum absolute atomic E-state index is 0.00309. The monoisotopic (exact) mass is 261 g/mol. The van der Waals surface area contributed by atoms with Crippen LogP contribution in [0.2, 0.25) is 0 Å². The average Bonchev–Trinajstić information content (AvgIpc) is 2.25. The summed E-state index contributed by atoms with van der Waals surface area (Å²) in [5.74, 6) is 0.153. The van der Waals surface area contributed by atoms with Crippen LogP contribution in [0.25, 0.3) is 0 Å². The number of unbranched alkanes of at least 4 members (excludes halogenated alkanes) is 1. The van der Waals surface area contributed by atoms with Gasteiger partial charge in [-0.1, -0.05) is 20.3 Å². The fourth-order valence-corrected chi connectivity index (χ4v) is 2.31. The van der Waals surface area contributed by atoms with Gasteiger partial charge >= 0.3 is 5.97 Å². The maximum atomic E-state index is 11.6. The van der Waals surface area contributed by atoms with Crippen LogP contribution in [0.4, 0.5) is 0 Å². The average molecular weight is 261 g/mol. The van der Waals surface area contributed by atoms with Gasteiger partial charge < -0.3 is 10.4 Å². The van der Waals surface area contributed by atoms with E-state index in [0.717, 1.165) is 18.6 Å². The van der Waals surface area contributed by atoms with Crippen LogP contribution in [0.1, 0.15) is 40.0 Å². The Hall–Kier alpha value is -0.710. The van der Waals surface area contributed by atoms with Crippen LogP contribution in [-0.4, -0.2) is 34.5 Å². The molecule has 0 aliphatic heterocycles. The minimum atomic E-state index is -0.822. The van der Waals surface area contributed by atoms with Gasteiger partial charge in [0.15, 0.2) is 0 Å². The van der Waals surface area contributed by atoms with Gasteiger partial charge in [0.1, 0.15) is 0 Å². The number of carbonyl (C=O) groups is 2. The molecule has 0 rings (SSSR count). The molecular formula is C12H23NO3S. The second-order valence-electron chi connectivity index (χ2n) is 4.31. The number of carbonyl (C=O) groups excluding carboxylic acids is 1. The normalized spacial score (nSPS) is 14.1. The van der Waals surface area contributed by atoms with E-state index >= 15 is 0 Å². The van der Waals surface area contributed by atoms with Gasteiger partial charge in [0, 0.05) is 13.0 Å². The summed E-state index contributed by atoms with van der Waals surface area (Å²) >= 11 is 1.65. The first-order valence-corrected chi connectivity index (χ1v) is 7.13. The van der Waals surface area contributed by atoms with Crippen molar-refractivity contribution in [3.63, 3.8) is 0 Å². The van der Waals surface area contributed by atoms with Gasteiger partial charge in [0.05, 0.1) is 5.25 Å². The molecule has 0 saturated carbocycles. The third kappa shape index (κ3) is 9.03. The van der Waals surface area contributed by atoms with E-state index in [2.05, 4.69) is 12.2 Å². The second kappa shape index (κ2) is 9.33. The van der Waals surface area contributed by atoms with Crippen LogP contribution in [0.15, 0.2) is 0 Å². The Balaban J connectivity index is 3.73. The highest BCUT2D eigenvalue weighted by molar-refractivity contribution is 8.00. The molecule has 17 heavy (non-hydrogen) atoms. The first kappa shape index (κ1) is 16.3. The molecule has 100 valence electrons. The van der Waals surface area contributed by atoms with Crippen LogP contribution in [0.3, 0.4) is 0 Å². The zero-order valence-electron chi connectivity index (χ0n) is 10.9. The van der Waals surface area contributed by atoms with Crippen LogP contribution < -0.4 is 5.32 Å². The van der Waals surface area contributed by atoms with E-state index < -0.39 is 5.97 Å². The largest absolute Gasteiger partial charge is 0.481 e. The molecule has 0 radical (unpaired) electrons. The molecule has 0 bridgehead atoms. The summed E-state index contributed by atoms with van der Waals surface area (Å²) in [5.41, 5.74) is 0. The van der Waals surface area contributed by atoms with Crippen LogP contribution in [0.5, 0.6) is 0 Å². The Bertz CT molecular complexity index is 246. The predicted molar refractivity (Wildman–Crippen MR) is 71.3 cm³/mol. The summed E-state index contributed by atoms with van der Waals surface area (Å²) in [5, 5.41) is 11.3. The topological polar surface area (TPSA) is 66.4 Å².